The Bertz CT molecular complexity index is 703. The Hall–Kier alpha value is -2.51. The first-order valence-corrected chi connectivity index (χ1v) is 6.24. The van der Waals surface area contributed by atoms with Gasteiger partial charge in [-0.3, -0.25) is 4.79 Å². The first-order chi connectivity index (χ1) is 10.6. The Balaban J connectivity index is 2.24. The monoisotopic (exact) mass is 333 g/mol. The van der Waals surface area contributed by atoms with Gasteiger partial charge < -0.3 is 5.32 Å². The molecule has 0 aliphatic carbocycles. The molecule has 0 aliphatic rings. The normalized spacial score (nSPS) is 12.1. The molecular weight excluding hydrogens is 324 g/mol. The summed E-state index contributed by atoms with van der Waals surface area (Å²) in [6.07, 6.45) is -9.25. The number of alkyl halides is 6. The predicted molar refractivity (Wildman–Crippen MR) is 70.8 cm³/mol. The molecular formula is C15H9F6NO. The lowest BCUT2D eigenvalue weighted by atomic mass is 10.1. The van der Waals surface area contributed by atoms with E-state index in [1.807, 2.05) is 0 Å². The molecule has 8 heteroatoms. The van der Waals surface area contributed by atoms with Gasteiger partial charge in [0.05, 0.1) is 16.7 Å². The average Bonchev–Trinajstić information content (AvgIpc) is 2.46. The molecule has 0 saturated heterocycles. The van der Waals surface area contributed by atoms with Gasteiger partial charge >= 0.3 is 12.4 Å². The molecule has 0 heterocycles. The van der Waals surface area contributed by atoms with Crippen LogP contribution in [0.2, 0.25) is 0 Å². The molecule has 0 fully saturated rings. The van der Waals surface area contributed by atoms with Crippen LogP contribution in [0.5, 0.6) is 0 Å². The van der Waals surface area contributed by atoms with Crippen LogP contribution in [0.3, 0.4) is 0 Å². The van der Waals surface area contributed by atoms with Crippen molar-refractivity contribution in [2.45, 2.75) is 12.4 Å². The quantitative estimate of drug-likeness (QED) is 0.772. The summed E-state index contributed by atoms with van der Waals surface area (Å²) in [6.45, 7) is 0. The molecule has 0 saturated carbocycles. The summed E-state index contributed by atoms with van der Waals surface area (Å²) in [5, 5.41) is 2.14. The van der Waals surface area contributed by atoms with Crippen LogP contribution in [-0.2, 0) is 12.4 Å². The van der Waals surface area contributed by atoms with E-state index in [0.29, 0.717) is 0 Å². The van der Waals surface area contributed by atoms with Crippen molar-refractivity contribution < 1.29 is 31.1 Å². The maximum atomic E-state index is 12.8. The summed E-state index contributed by atoms with van der Waals surface area (Å²) in [5.41, 5.74) is -2.70. The molecule has 0 aromatic heterocycles. The fraction of sp³-hybridized carbons (Fsp3) is 0.133. The highest BCUT2D eigenvalue weighted by atomic mass is 19.4. The Kier molecular flexibility index (Phi) is 4.35. The zero-order valence-electron chi connectivity index (χ0n) is 11.3. The van der Waals surface area contributed by atoms with Crippen molar-refractivity contribution in [3.63, 3.8) is 0 Å². The number of hydrogen-bond donors (Lipinski definition) is 1. The number of rotatable bonds is 2. The fourth-order valence-corrected chi connectivity index (χ4v) is 1.87. The van der Waals surface area contributed by atoms with E-state index in [1.165, 1.54) is 6.07 Å². The van der Waals surface area contributed by atoms with Crippen LogP contribution in [-0.4, -0.2) is 5.91 Å². The molecule has 0 unspecified atom stereocenters. The van der Waals surface area contributed by atoms with Gasteiger partial charge in [-0.05, 0) is 36.4 Å². The first kappa shape index (κ1) is 16.9. The molecule has 2 rings (SSSR count). The SMILES string of the molecule is O=C(Nc1ccc(C(F)(F)F)cc1)c1ccccc1C(F)(F)F. The van der Waals surface area contributed by atoms with E-state index in [2.05, 4.69) is 5.32 Å². The van der Waals surface area contributed by atoms with Crippen LogP contribution < -0.4 is 5.32 Å². The Labute approximate surface area is 126 Å². The molecule has 2 nitrogen and oxygen atoms in total. The van der Waals surface area contributed by atoms with E-state index in [1.54, 1.807) is 0 Å². The Morgan fingerprint density at radius 3 is 1.87 bits per heavy atom. The van der Waals surface area contributed by atoms with Crippen LogP contribution in [0, 0.1) is 0 Å². The van der Waals surface area contributed by atoms with Crippen molar-refractivity contribution in [3.8, 4) is 0 Å². The largest absolute Gasteiger partial charge is 0.417 e. The average molecular weight is 333 g/mol. The van der Waals surface area contributed by atoms with Crippen LogP contribution in [0.15, 0.2) is 48.5 Å². The lowest BCUT2D eigenvalue weighted by molar-refractivity contribution is -0.138. The molecule has 2 aromatic rings. The summed E-state index contributed by atoms with van der Waals surface area (Å²) in [5.74, 6) is -1.06. The number of carbonyl (C=O) groups excluding carboxylic acids is 1. The number of amides is 1. The maximum Gasteiger partial charge on any atom is 0.417 e. The van der Waals surface area contributed by atoms with Crippen molar-refractivity contribution in [1.29, 1.82) is 0 Å². The minimum Gasteiger partial charge on any atom is -0.322 e. The van der Waals surface area contributed by atoms with Gasteiger partial charge in [0.2, 0.25) is 0 Å². The van der Waals surface area contributed by atoms with Crippen molar-refractivity contribution in [2.24, 2.45) is 0 Å². The van der Waals surface area contributed by atoms with Crippen molar-refractivity contribution in [3.05, 3.63) is 65.2 Å². The second-order valence-electron chi connectivity index (χ2n) is 4.57. The Morgan fingerprint density at radius 2 is 1.35 bits per heavy atom. The van der Waals surface area contributed by atoms with Gasteiger partial charge in [0.15, 0.2) is 0 Å². The van der Waals surface area contributed by atoms with E-state index in [9.17, 15) is 31.1 Å². The van der Waals surface area contributed by atoms with Crippen molar-refractivity contribution in [2.75, 3.05) is 5.32 Å². The number of halogens is 6. The number of hydrogen-bond acceptors (Lipinski definition) is 1. The van der Waals surface area contributed by atoms with E-state index in [0.717, 1.165) is 42.5 Å². The van der Waals surface area contributed by atoms with E-state index < -0.39 is 35.0 Å². The van der Waals surface area contributed by atoms with Gasteiger partial charge in [0.25, 0.3) is 5.91 Å². The predicted octanol–water partition coefficient (Wildman–Crippen LogP) is 4.98. The zero-order valence-corrected chi connectivity index (χ0v) is 11.3. The van der Waals surface area contributed by atoms with Gasteiger partial charge in [0.1, 0.15) is 0 Å². The van der Waals surface area contributed by atoms with Crippen molar-refractivity contribution in [1.82, 2.24) is 0 Å². The third-order valence-electron chi connectivity index (χ3n) is 2.95. The molecule has 0 radical (unpaired) electrons. The standard InChI is InChI=1S/C15H9F6NO/c16-14(17,18)9-5-7-10(8-6-9)22-13(23)11-3-1-2-4-12(11)15(19,20)21/h1-8H,(H,22,23). The van der Waals surface area contributed by atoms with E-state index in [-0.39, 0.29) is 5.69 Å². The summed E-state index contributed by atoms with van der Waals surface area (Å²) in [6, 6.07) is 7.53. The summed E-state index contributed by atoms with van der Waals surface area (Å²) < 4.78 is 75.7. The molecule has 23 heavy (non-hydrogen) atoms. The summed E-state index contributed by atoms with van der Waals surface area (Å²) in [4.78, 5) is 11.9. The van der Waals surface area contributed by atoms with Crippen LogP contribution in [0.25, 0.3) is 0 Å². The van der Waals surface area contributed by atoms with Gasteiger partial charge in [0, 0.05) is 5.69 Å². The number of benzene rings is 2. The maximum absolute atomic E-state index is 12.8. The lowest BCUT2D eigenvalue weighted by Crippen LogP contribution is -2.18. The van der Waals surface area contributed by atoms with Crippen LogP contribution in [0.4, 0.5) is 32.0 Å². The van der Waals surface area contributed by atoms with Crippen LogP contribution in [0.1, 0.15) is 21.5 Å². The topological polar surface area (TPSA) is 29.1 Å². The summed E-state index contributed by atoms with van der Waals surface area (Å²) >= 11 is 0. The van der Waals surface area contributed by atoms with Gasteiger partial charge in [-0.1, -0.05) is 12.1 Å². The third kappa shape index (κ3) is 4.02. The molecule has 0 atom stereocenters. The molecule has 0 bridgehead atoms. The highest BCUT2D eigenvalue weighted by molar-refractivity contribution is 6.05. The molecule has 1 N–H and O–H groups in total. The second kappa shape index (κ2) is 5.94. The van der Waals surface area contributed by atoms with Gasteiger partial charge in [-0.2, -0.15) is 26.3 Å². The fourth-order valence-electron chi connectivity index (χ4n) is 1.87. The molecule has 0 spiro atoms. The molecule has 1 amide bonds. The molecule has 122 valence electrons. The summed E-state index contributed by atoms with van der Waals surface area (Å²) in [7, 11) is 0. The number of anilines is 1. The van der Waals surface area contributed by atoms with Gasteiger partial charge in [-0.25, -0.2) is 0 Å². The second-order valence-corrected chi connectivity index (χ2v) is 4.57. The lowest BCUT2D eigenvalue weighted by Gasteiger charge is -2.13. The van der Waals surface area contributed by atoms with Gasteiger partial charge in [-0.15, -0.1) is 0 Å². The molecule has 2 aromatic carbocycles. The highest BCUT2D eigenvalue weighted by Gasteiger charge is 2.35. The minimum atomic E-state index is -4.71. The van der Waals surface area contributed by atoms with Crippen LogP contribution >= 0.6 is 0 Å². The first-order valence-electron chi connectivity index (χ1n) is 6.24. The van der Waals surface area contributed by atoms with Crippen molar-refractivity contribution >= 4 is 11.6 Å². The number of carbonyl (C=O) groups is 1. The minimum absolute atomic E-state index is 0.0417. The highest BCUT2D eigenvalue weighted by Crippen LogP contribution is 2.33. The van der Waals surface area contributed by atoms with E-state index >= 15 is 0 Å². The smallest absolute Gasteiger partial charge is 0.322 e. The van der Waals surface area contributed by atoms with E-state index in [4.69, 9.17) is 0 Å². The molecule has 0 aliphatic heterocycles. The Morgan fingerprint density at radius 1 is 0.783 bits per heavy atom. The number of nitrogens with one attached hydrogen (secondary N) is 1. The third-order valence-corrected chi connectivity index (χ3v) is 2.95. The zero-order chi connectivity index (χ0) is 17.3.